The fraction of sp³-hybridized carbons (Fsp3) is 0.481. The maximum absolute atomic E-state index is 14.8. The summed E-state index contributed by atoms with van der Waals surface area (Å²) in [5, 5.41) is 23.2. The number of benzene rings is 1. The van der Waals surface area contributed by atoms with Gasteiger partial charge < -0.3 is 20.2 Å². The molecule has 1 saturated carbocycles. The highest BCUT2D eigenvalue weighted by molar-refractivity contribution is 7.80. The Kier molecular flexibility index (Phi) is 7.69. The van der Waals surface area contributed by atoms with Gasteiger partial charge in [0.05, 0.1) is 28.6 Å². The molecule has 1 spiro atoms. The number of nitrogens with zero attached hydrogens (tertiary/aromatic N) is 5. The molecule has 1 atom stereocenters. The van der Waals surface area contributed by atoms with Gasteiger partial charge in [-0.05, 0) is 94.6 Å². The Bertz CT molecular complexity index is 1350. The SMILES string of the molecule is N#Cc1ncc(N2C(=S)N(c3ccc(F)c(C(=O)NCCCN4CCCC4)c3)C3(CCC3)C2O)cc1C(F)(F)F. The van der Waals surface area contributed by atoms with Crippen molar-refractivity contribution >= 4 is 34.6 Å². The maximum Gasteiger partial charge on any atom is 0.419 e. The predicted molar refractivity (Wildman–Crippen MR) is 143 cm³/mol. The lowest BCUT2D eigenvalue weighted by Gasteiger charge is -2.46. The van der Waals surface area contributed by atoms with Crippen LogP contribution in [0.25, 0.3) is 0 Å². The van der Waals surface area contributed by atoms with Gasteiger partial charge in [0, 0.05) is 12.2 Å². The highest BCUT2D eigenvalue weighted by atomic mass is 32.1. The van der Waals surface area contributed by atoms with E-state index in [1.807, 2.05) is 0 Å². The smallest absolute Gasteiger partial charge is 0.371 e. The van der Waals surface area contributed by atoms with Crippen LogP contribution in [0, 0.1) is 17.1 Å². The van der Waals surface area contributed by atoms with Crippen LogP contribution < -0.4 is 15.1 Å². The number of hydrogen-bond donors (Lipinski definition) is 2. The Morgan fingerprint density at radius 1 is 1.20 bits per heavy atom. The molecule has 8 nitrogen and oxygen atoms in total. The van der Waals surface area contributed by atoms with E-state index in [0.717, 1.165) is 50.8 Å². The maximum atomic E-state index is 14.8. The number of nitriles is 1. The molecule has 2 aromatic rings. The fourth-order valence-corrected chi connectivity index (χ4v) is 6.21. The van der Waals surface area contributed by atoms with Gasteiger partial charge in [-0.2, -0.15) is 18.4 Å². The number of nitrogens with one attached hydrogen (secondary N) is 1. The van der Waals surface area contributed by atoms with Crippen LogP contribution in [0.15, 0.2) is 30.5 Å². The van der Waals surface area contributed by atoms with E-state index in [1.54, 1.807) is 4.90 Å². The largest absolute Gasteiger partial charge is 0.419 e. The number of anilines is 2. The molecule has 1 aromatic carbocycles. The van der Waals surface area contributed by atoms with Crippen LogP contribution in [0.1, 0.15) is 60.1 Å². The highest BCUT2D eigenvalue weighted by Gasteiger charge is 2.59. The molecule has 3 aliphatic rings. The fourth-order valence-electron chi connectivity index (χ4n) is 5.72. The number of hydrogen-bond acceptors (Lipinski definition) is 6. The third-order valence-electron chi connectivity index (χ3n) is 7.94. The van der Waals surface area contributed by atoms with Crippen LogP contribution >= 0.6 is 12.2 Å². The van der Waals surface area contributed by atoms with Crippen molar-refractivity contribution in [3.8, 4) is 6.07 Å². The van der Waals surface area contributed by atoms with E-state index in [9.17, 15) is 27.5 Å². The number of amides is 1. The van der Waals surface area contributed by atoms with Crippen LogP contribution in [0.5, 0.6) is 0 Å². The van der Waals surface area contributed by atoms with Gasteiger partial charge in [-0.25, -0.2) is 9.37 Å². The average molecular weight is 577 g/mol. The molecule has 2 aliphatic heterocycles. The normalized spacial score (nSPS) is 20.6. The van der Waals surface area contributed by atoms with E-state index >= 15 is 0 Å². The van der Waals surface area contributed by atoms with Gasteiger partial charge in [0.1, 0.15) is 11.9 Å². The number of aliphatic hydroxyl groups excluding tert-OH is 1. The lowest BCUT2D eigenvalue weighted by molar-refractivity contribution is -0.138. The third kappa shape index (κ3) is 5.00. The predicted octanol–water partition coefficient (Wildman–Crippen LogP) is 4.18. The number of rotatable bonds is 7. The standard InChI is InChI=1S/C27H28F4N6O2S/c28-21-6-5-17(13-19(21)23(38)33-9-4-12-35-10-1-2-11-35)37-25(40)36(24(39)26(37)7-3-8-26)18-14-20(27(29,30)31)22(15-32)34-16-18/h5-6,13-14,16,24,39H,1-4,7-12H2,(H,33,38). The van der Waals surface area contributed by atoms with Crippen molar-refractivity contribution in [2.24, 2.45) is 0 Å². The Morgan fingerprint density at radius 3 is 2.55 bits per heavy atom. The van der Waals surface area contributed by atoms with Crippen molar-refractivity contribution in [2.75, 3.05) is 36.0 Å². The van der Waals surface area contributed by atoms with Crippen molar-refractivity contribution < 1.29 is 27.5 Å². The van der Waals surface area contributed by atoms with Gasteiger partial charge in [-0.3, -0.25) is 9.69 Å². The minimum absolute atomic E-state index is 0.0181. The zero-order valence-corrected chi connectivity index (χ0v) is 22.4. The van der Waals surface area contributed by atoms with E-state index in [1.165, 1.54) is 35.9 Å². The number of alkyl halides is 3. The molecule has 3 fully saturated rings. The lowest BCUT2D eigenvalue weighted by atomic mass is 9.74. The van der Waals surface area contributed by atoms with E-state index in [4.69, 9.17) is 17.5 Å². The first kappa shape index (κ1) is 28.2. The van der Waals surface area contributed by atoms with Crippen molar-refractivity contribution in [2.45, 2.75) is 56.5 Å². The summed E-state index contributed by atoms with van der Waals surface area (Å²) in [6.45, 7) is 3.31. The molecule has 3 heterocycles. The van der Waals surface area contributed by atoms with Gasteiger partial charge in [0.15, 0.2) is 17.0 Å². The number of thiocarbonyl (C=S) groups is 1. The number of aromatic nitrogens is 1. The number of halogens is 4. The molecular formula is C27H28F4N6O2S. The molecule has 212 valence electrons. The minimum Gasteiger partial charge on any atom is -0.371 e. The first-order valence-electron chi connectivity index (χ1n) is 13.2. The summed E-state index contributed by atoms with van der Waals surface area (Å²) in [4.78, 5) is 21.6. The minimum atomic E-state index is -4.85. The molecule has 0 bridgehead atoms. The third-order valence-corrected chi connectivity index (χ3v) is 8.32. The molecule has 2 saturated heterocycles. The van der Waals surface area contributed by atoms with Crippen LogP contribution in [0.4, 0.5) is 28.9 Å². The van der Waals surface area contributed by atoms with Crippen molar-refractivity contribution in [1.82, 2.24) is 15.2 Å². The monoisotopic (exact) mass is 576 g/mol. The van der Waals surface area contributed by atoms with Crippen LogP contribution in [-0.4, -0.2) is 64.0 Å². The number of likely N-dealkylation sites (tertiary alicyclic amines) is 1. The topological polar surface area (TPSA) is 95.7 Å². The van der Waals surface area contributed by atoms with Gasteiger partial charge in [-0.1, -0.05) is 0 Å². The van der Waals surface area contributed by atoms with Crippen molar-refractivity contribution in [3.05, 3.63) is 53.1 Å². The second kappa shape index (κ2) is 10.9. The van der Waals surface area contributed by atoms with Gasteiger partial charge >= 0.3 is 6.18 Å². The van der Waals surface area contributed by atoms with Gasteiger partial charge in [0.2, 0.25) is 0 Å². The number of aliphatic hydroxyl groups is 1. The van der Waals surface area contributed by atoms with E-state index < -0.39 is 40.9 Å². The molecule has 5 rings (SSSR count). The van der Waals surface area contributed by atoms with Crippen LogP contribution in [0.3, 0.4) is 0 Å². The highest BCUT2D eigenvalue weighted by Crippen LogP contribution is 2.50. The summed E-state index contributed by atoms with van der Waals surface area (Å²) in [5.41, 5.74) is -2.99. The number of carbonyl (C=O) groups is 1. The van der Waals surface area contributed by atoms with Crippen molar-refractivity contribution in [3.63, 3.8) is 0 Å². The molecule has 1 aromatic heterocycles. The summed E-state index contributed by atoms with van der Waals surface area (Å²) in [6.07, 6.45) is -0.388. The first-order chi connectivity index (χ1) is 19.1. The summed E-state index contributed by atoms with van der Waals surface area (Å²) in [6, 6.07) is 6.10. The van der Waals surface area contributed by atoms with Crippen molar-refractivity contribution in [1.29, 1.82) is 5.26 Å². The van der Waals surface area contributed by atoms with E-state index in [-0.39, 0.29) is 16.4 Å². The number of pyridine rings is 1. The quantitative estimate of drug-likeness (QED) is 0.288. The molecule has 13 heteroatoms. The zero-order chi connectivity index (χ0) is 28.7. The Morgan fingerprint density at radius 2 is 1.93 bits per heavy atom. The summed E-state index contributed by atoms with van der Waals surface area (Å²) in [7, 11) is 0. The average Bonchev–Trinajstić information content (AvgIpc) is 3.49. The summed E-state index contributed by atoms with van der Waals surface area (Å²) < 4.78 is 55.6. The van der Waals surface area contributed by atoms with Crippen LogP contribution in [0.2, 0.25) is 0 Å². The molecular weight excluding hydrogens is 548 g/mol. The molecule has 1 unspecified atom stereocenters. The zero-order valence-electron chi connectivity index (χ0n) is 21.5. The van der Waals surface area contributed by atoms with Gasteiger partial charge in [-0.15, -0.1) is 0 Å². The second-order valence-corrected chi connectivity index (χ2v) is 10.7. The molecule has 0 radical (unpaired) electrons. The van der Waals surface area contributed by atoms with Gasteiger partial charge in [0.25, 0.3) is 5.91 Å². The van der Waals surface area contributed by atoms with Crippen LogP contribution in [-0.2, 0) is 6.18 Å². The first-order valence-corrected chi connectivity index (χ1v) is 13.6. The molecule has 1 amide bonds. The Labute approximate surface area is 234 Å². The second-order valence-electron chi connectivity index (χ2n) is 10.3. The Hall–Kier alpha value is -3.34. The summed E-state index contributed by atoms with van der Waals surface area (Å²) >= 11 is 5.65. The molecule has 1 aliphatic carbocycles. The lowest BCUT2D eigenvalue weighted by Crippen LogP contribution is -2.57. The number of carbonyl (C=O) groups excluding carboxylic acids is 1. The summed E-state index contributed by atoms with van der Waals surface area (Å²) in [5.74, 6) is -1.31. The Balaban J connectivity index is 1.41. The molecule has 2 N–H and O–H groups in total. The molecule has 40 heavy (non-hydrogen) atoms. The van der Waals surface area contributed by atoms with E-state index in [2.05, 4.69) is 15.2 Å². The van der Waals surface area contributed by atoms with E-state index in [0.29, 0.717) is 25.1 Å².